The summed E-state index contributed by atoms with van der Waals surface area (Å²) >= 11 is 3.62. The molecule has 0 bridgehead atoms. The maximum atomic E-state index is 6.24. The number of hydrogen-bond donors (Lipinski definition) is 2. The van der Waals surface area contributed by atoms with Crippen LogP contribution in [0.15, 0.2) is 24.3 Å². The van der Waals surface area contributed by atoms with Gasteiger partial charge in [0.15, 0.2) is 0 Å². The maximum Gasteiger partial charge on any atom is 0.112 e. The van der Waals surface area contributed by atoms with E-state index in [1.807, 2.05) is 0 Å². The second-order valence-corrected chi connectivity index (χ2v) is 5.66. The Morgan fingerprint density at radius 2 is 2.13 bits per heavy atom. The first-order chi connectivity index (χ1) is 7.18. The van der Waals surface area contributed by atoms with Crippen molar-refractivity contribution in [3.8, 4) is 0 Å². The summed E-state index contributed by atoms with van der Waals surface area (Å²) in [6.45, 7) is 0. The van der Waals surface area contributed by atoms with Crippen molar-refractivity contribution in [2.75, 3.05) is 0 Å². The van der Waals surface area contributed by atoms with E-state index in [2.05, 4.69) is 45.2 Å². The molecule has 78 valence electrons. The summed E-state index contributed by atoms with van der Waals surface area (Å²) in [5.41, 5.74) is 9.98. The topological polar surface area (TPSA) is 41.8 Å². The third kappa shape index (κ3) is 1.34. The van der Waals surface area contributed by atoms with Crippen LogP contribution in [-0.4, -0.2) is 4.98 Å². The Hall–Kier alpha value is -0.800. The quantitative estimate of drug-likeness (QED) is 0.558. The van der Waals surface area contributed by atoms with E-state index in [9.17, 15) is 0 Å². The van der Waals surface area contributed by atoms with Crippen molar-refractivity contribution in [2.45, 2.75) is 23.7 Å². The largest absolute Gasteiger partial charge is 0.356 e. The summed E-state index contributed by atoms with van der Waals surface area (Å²) in [7, 11) is 0. The van der Waals surface area contributed by atoms with Crippen LogP contribution in [0.1, 0.15) is 24.1 Å². The minimum Gasteiger partial charge on any atom is -0.356 e. The van der Waals surface area contributed by atoms with E-state index >= 15 is 0 Å². The van der Waals surface area contributed by atoms with Crippen LogP contribution in [0.25, 0.3) is 10.9 Å². The molecule has 1 atom stereocenters. The number of fused-ring (bicyclic) bond motifs is 3. The van der Waals surface area contributed by atoms with E-state index in [1.165, 1.54) is 16.5 Å². The minimum atomic E-state index is -0.362. The molecule has 0 saturated carbocycles. The summed E-state index contributed by atoms with van der Waals surface area (Å²) in [6, 6.07) is 8.41. The molecule has 2 aromatic rings. The lowest BCUT2D eigenvalue weighted by atomic mass is 9.92. The average Bonchev–Trinajstić information content (AvgIpc) is 2.58. The van der Waals surface area contributed by atoms with Gasteiger partial charge in [-0.1, -0.05) is 34.1 Å². The highest BCUT2D eigenvalue weighted by Crippen LogP contribution is 2.40. The first-order valence-electron chi connectivity index (χ1n) is 5.26. The van der Waals surface area contributed by atoms with Crippen LogP contribution in [0.2, 0.25) is 0 Å². The molecule has 1 aromatic heterocycles. The molecule has 0 amide bonds. The number of halogens is 1. The van der Waals surface area contributed by atoms with Gasteiger partial charge in [0, 0.05) is 10.9 Å². The molecule has 1 aliphatic rings. The number of benzene rings is 1. The molecule has 0 fully saturated rings. The van der Waals surface area contributed by atoms with Crippen molar-refractivity contribution in [3.63, 3.8) is 0 Å². The molecule has 0 aliphatic heterocycles. The van der Waals surface area contributed by atoms with Gasteiger partial charge in [0.2, 0.25) is 0 Å². The minimum absolute atomic E-state index is 0.362. The molecule has 3 heteroatoms. The van der Waals surface area contributed by atoms with Crippen molar-refractivity contribution in [1.29, 1.82) is 0 Å². The zero-order valence-corrected chi connectivity index (χ0v) is 9.97. The lowest BCUT2D eigenvalue weighted by Gasteiger charge is -2.27. The first kappa shape index (κ1) is 9.43. The number of H-pyrrole nitrogens is 1. The van der Waals surface area contributed by atoms with Crippen molar-refractivity contribution >= 4 is 26.8 Å². The fourth-order valence-electron chi connectivity index (χ4n) is 2.46. The lowest BCUT2D eigenvalue weighted by molar-refractivity contribution is 0.526. The van der Waals surface area contributed by atoms with Crippen molar-refractivity contribution < 1.29 is 0 Å². The first-order valence-corrected chi connectivity index (χ1v) is 6.06. The molecule has 1 unspecified atom stereocenters. The van der Waals surface area contributed by atoms with Gasteiger partial charge >= 0.3 is 0 Å². The number of nitrogens with one attached hydrogen (secondary N) is 1. The number of aromatic nitrogens is 1. The van der Waals surface area contributed by atoms with Crippen LogP contribution in [0, 0.1) is 0 Å². The van der Waals surface area contributed by atoms with Gasteiger partial charge < -0.3 is 10.7 Å². The van der Waals surface area contributed by atoms with Crippen LogP contribution >= 0.6 is 15.9 Å². The van der Waals surface area contributed by atoms with Crippen molar-refractivity contribution in [2.24, 2.45) is 5.73 Å². The molecular formula is C12H13BrN2. The van der Waals surface area contributed by atoms with Gasteiger partial charge in [-0.2, -0.15) is 0 Å². The normalized spacial score (nSPS) is 25.5. The molecule has 15 heavy (non-hydrogen) atoms. The molecule has 3 rings (SSSR count). The highest BCUT2D eigenvalue weighted by Gasteiger charge is 2.32. The molecule has 0 radical (unpaired) electrons. The average molecular weight is 265 g/mol. The molecule has 3 N–H and O–H groups in total. The van der Waals surface area contributed by atoms with Crippen LogP contribution in [0.5, 0.6) is 0 Å². The number of aromatic amines is 1. The Labute approximate surface area is 97.0 Å². The van der Waals surface area contributed by atoms with Gasteiger partial charge in [-0.05, 0) is 30.9 Å². The van der Waals surface area contributed by atoms with Crippen LogP contribution in [-0.2, 0) is 10.9 Å². The molecule has 1 heterocycles. The van der Waals surface area contributed by atoms with Gasteiger partial charge in [0.25, 0.3) is 0 Å². The fraction of sp³-hybridized carbons (Fsp3) is 0.333. The van der Waals surface area contributed by atoms with Gasteiger partial charge in [-0.15, -0.1) is 0 Å². The maximum absolute atomic E-state index is 6.24. The second kappa shape index (κ2) is 3.09. The van der Waals surface area contributed by atoms with E-state index < -0.39 is 0 Å². The number of hydrogen-bond acceptors (Lipinski definition) is 1. The smallest absolute Gasteiger partial charge is 0.112 e. The van der Waals surface area contributed by atoms with E-state index in [0.29, 0.717) is 0 Å². The zero-order chi connectivity index (χ0) is 10.5. The monoisotopic (exact) mass is 264 g/mol. The lowest BCUT2D eigenvalue weighted by Crippen LogP contribution is -2.33. The Balaban J connectivity index is 2.34. The van der Waals surface area contributed by atoms with E-state index in [-0.39, 0.29) is 4.45 Å². The molecule has 0 saturated heterocycles. The molecule has 0 spiro atoms. The number of alkyl halides is 1. The van der Waals surface area contributed by atoms with Gasteiger partial charge in [-0.3, -0.25) is 0 Å². The van der Waals surface area contributed by atoms with E-state index in [0.717, 1.165) is 25.0 Å². The van der Waals surface area contributed by atoms with E-state index in [1.54, 1.807) is 0 Å². The third-order valence-electron chi connectivity index (χ3n) is 3.20. The highest BCUT2D eigenvalue weighted by atomic mass is 79.9. The summed E-state index contributed by atoms with van der Waals surface area (Å²) < 4.78 is -0.362. The van der Waals surface area contributed by atoms with E-state index in [4.69, 9.17) is 5.73 Å². The second-order valence-electron chi connectivity index (χ2n) is 4.24. The Morgan fingerprint density at radius 1 is 1.33 bits per heavy atom. The number of para-hydroxylation sites is 1. The number of rotatable bonds is 0. The SMILES string of the molecule is NC1(Br)CCCc2c1[nH]c1ccccc21. The predicted molar refractivity (Wildman–Crippen MR) is 66.0 cm³/mol. The summed E-state index contributed by atoms with van der Waals surface area (Å²) in [5.74, 6) is 0. The van der Waals surface area contributed by atoms with Gasteiger partial charge in [0.1, 0.15) is 4.45 Å². The van der Waals surface area contributed by atoms with Crippen LogP contribution in [0.4, 0.5) is 0 Å². The Kier molecular flexibility index (Phi) is 1.94. The van der Waals surface area contributed by atoms with Crippen molar-refractivity contribution in [1.82, 2.24) is 4.98 Å². The van der Waals surface area contributed by atoms with Crippen molar-refractivity contribution in [3.05, 3.63) is 35.5 Å². The zero-order valence-electron chi connectivity index (χ0n) is 8.39. The Bertz CT molecular complexity index is 513. The number of aryl methyl sites for hydroxylation is 1. The highest BCUT2D eigenvalue weighted by molar-refractivity contribution is 9.09. The van der Waals surface area contributed by atoms with Gasteiger partial charge in [-0.25, -0.2) is 0 Å². The summed E-state index contributed by atoms with van der Waals surface area (Å²) in [5, 5.41) is 1.32. The summed E-state index contributed by atoms with van der Waals surface area (Å²) in [4.78, 5) is 3.43. The molecule has 1 aromatic carbocycles. The third-order valence-corrected chi connectivity index (χ3v) is 3.99. The standard InChI is InChI=1S/C12H13BrN2/c13-12(14)7-3-5-9-8-4-1-2-6-10(8)15-11(9)12/h1-2,4,6,15H,3,5,7,14H2. The molecule has 2 nitrogen and oxygen atoms in total. The fourth-order valence-corrected chi connectivity index (χ4v) is 3.08. The predicted octanol–water partition coefficient (Wildman–Crippen LogP) is 3.01. The van der Waals surface area contributed by atoms with Crippen LogP contribution in [0.3, 0.4) is 0 Å². The molecule has 1 aliphatic carbocycles. The molecular weight excluding hydrogens is 252 g/mol. The Morgan fingerprint density at radius 3 is 3.00 bits per heavy atom. The summed E-state index contributed by atoms with van der Waals surface area (Å²) in [6.07, 6.45) is 3.27. The van der Waals surface area contributed by atoms with Gasteiger partial charge in [0.05, 0.1) is 5.69 Å². The van der Waals surface area contributed by atoms with Crippen LogP contribution < -0.4 is 5.73 Å². The number of nitrogens with two attached hydrogens (primary N) is 1.